The van der Waals surface area contributed by atoms with E-state index in [9.17, 15) is 28.1 Å². The van der Waals surface area contributed by atoms with Crippen LogP contribution in [0.4, 0.5) is 18.9 Å². The predicted octanol–water partition coefficient (Wildman–Crippen LogP) is 3.38. The number of benzene rings is 1. The predicted molar refractivity (Wildman–Crippen MR) is 57.5 cm³/mol. The summed E-state index contributed by atoms with van der Waals surface area (Å²) in [6.45, 7) is 2.59. The molecule has 98 valence electrons. The molecular formula is C11H10F3NO3. The van der Waals surface area contributed by atoms with Gasteiger partial charge in [-0.15, -0.1) is 0 Å². The third-order valence-corrected chi connectivity index (χ3v) is 2.47. The van der Waals surface area contributed by atoms with Crippen molar-refractivity contribution in [1.82, 2.24) is 0 Å². The van der Waals surface area contributed by atoms with E-state index in [1.165, 1.54) is 6.92 Å². The Hall–Kier alpha value is -1.92. The van der Waals surface area contributed by atoms with Crippen LogP contribution >= 0.6 is 0 Å². The topological polar surface area (TPSA) is 60.2 Å². The molecule has 1 aromatic carbocycles. The molecule has 0 fully saturated rings. The Bertz CT molecular complexity index is 509. The zero-order chi connectivity index (χ0) is 14.1. The van der Waals surface area contributed by atoms with Gasteiger partial charge in [-0.3, -0.25) is 14.9 Å². The number of hydrogen-bond donors (Lipinski definition) is 0. The van der Waals surface area contributed by atoms with E-state index in [2.05, 4.69) is 0 Å². The highest BCUT2D eigenvalue weighted by atomic mass is 19.4. The number of nitro groups is 1. The Morgan fingerprint density at radius 2 is 1.94 bits per heavy atom. The number of nitro benzene ring substituents is 1. The van der Waals surface area contributed by atoms with E-state index in [0.29, 0.717) is 6.07 Å². The average Bonchev–Trinajstić information content (AvgIpc) is 2.25. The van der Waals surface area contributed by atoms with Crippen molar-refractivity contribution in [3.05, 3.63) is 38.9 Å². The molecular weight excluding hydrogens is 251 g/mol. The summed E-state index contributed by atoms with van der Waals surface area (Å²) >= 11 is 0. The number of hydrogen-bond acceptors (Lipinski definition) is 3. The molecule has 0 bridgehead atoms. The molecule has 0 atom stereocenters. The number of carbonyl (C=O) groups is 1. The summed E-state index contributed by atoms with van der Waals surface area (Å²) in [4.78, 5) is 20.7. The van der Waals surface area contributed by atoms with Gasteiger partial charge >= 0.3 is 6.18 Å². The van der Waals surface area contributed by atoms with Crippen molar-refractivity contribution in [3.8, 4) is 0 Å². The fourth-order valence-corrected chi connectivity index (χ4v) is 1.64. The lowest BCUT2D eigenvalue weighted by Gasteiger charge is -2.13. The van der Waals surface area contributed by atoms with Crippen molar-refractivity contribution in [2.75, 3.05) is 0 Å². The standard InChI is InChI=1S/C11H10F3NO3/c1-3-7-4-8(6(2)16)5-9(15(17)18)10(7)11(12,13)14/h4-5H,3H2,1-2H3. The number of carbonyl (C=O) groups excluding carboxylic acids is 1. The maximum Gasteiger partial charge on any atom is 0.423 e. The van der Waals surface area contributed by atoms with E-state index in [0.717, 1.165) is 13.0 Å². The second-order valence-electron chi connectivity index (χ2n) is 3.69. The van der Waals surface area contributed by atoms with Crippen LogP contribution in [0.15, 0.2) is 12.1 Å². The van der Waals surface area contributed by atoms with Crippen LogP contribution < -0.4 is 0 Å². The van der Waals surface area contributed by atoms with Gasteiger partial charge in [-0.2, -0.15) is 13.2 Å². The molecule has 0 aliphatic heterocycles. The van der Waals surface area contributed by atoms with Crippen LogP contribution in [0.1, 0.15) is 35.3 Å². The van der Waals surface area contributed by atoms with Crippen molar-refractivity contribution in [1.29, 1.82) is 0 Å². The molecule has 18 heavy (non-hydrogen) atoms. The molecule has 0 N–H and O–H groups in total. The number of rotatable bonds is 3. The van der Waals surface area contributed by atoms with Crippen molar-refractivity contribution in [2.24, 2.45) is 0 Å². The first-order chi connectivity index (χ1) is 8.18. The van der Waals surface area contributed by atoms with Crippen LogP contribution in [0, 0.1) is 10.1 Å². The molecule has 0 spiro atoms. The SMILES string of the molecule is CCc1cc(C(C)=O)cc([N+](=O)[O-])c1C(F)(F)F. The molecule has 0 aromatic heterocycles. The van der Waals surface area contributed by atoms with Crippen LogP contribution in [-0.4, -0.2) is 10.7 Å². The molecule has 0 heterocycles. The maximum absolute atomic E-state index is 12.8. The van der Waals surface area contributed by atoms with Crippen LogP contribution in [0.5, 0.6) is 0 Å². The van der Waals surface area contributed by atoms with Crippen molar-refractivity contribution in [3.63, 3.8) is 0 Å². The van der Waals surface area contributed by atoms with E-state index >= 15 is 0 Å². The molecule has 7 heteroatoms. The third kappa shape index (κ3) is 2.66. The van der Waals surface area contributed by atoms with Crippen LogP contribution in [0.2, 0.25) is 0 Å². The second kappa shape index (κ2) is 4.75. The lowest BCUT2D eigenvalue weighted by atomic mass is 9.98. The molecule has 0 saturated heterocycles. The molecule has 1 aromatic rings. The molecule has 0 amide bonds. The van der Waals surface area contributed by atoms with Gasteiger partial charge < -0.3 is 0 Å². The molecule has 0 radical (unpaired) electrons. The molecule has 4 nitrogen and oxygen atoms in total. The molecule has 0 unspecified atom stereocenters. The molecule has 0 aliphatic rings. The van der Waals surface area contributed by atoms with Crippen molar-refractivity contribution >= 4 is 11.5 Å². The maximum atomic E-state index is 12.8. The molecule has 1 rings (SSSR count). The summed E-state index contributed by atoms with van der Waals surface area (Å²) in [7, 11) is 0. The number of alkyl halides is 3. The monoisotopic (exact) mass is 261 g/mol. The van der Waals surface area contributed by atoms with E-state index < -0.39 is 28.1 Å². The summed E-state index contributed by atoms with van der Waals surface area (Å²) < 4.78 is 38.4. The minimum Gasteiger partial charge on any atom is -0.295 e. The number of aryl methyl sites for hydroxylation is 1. The summed E-state index contributed by atoms with van der Waals surface area (Å²) in [5, 5.41) is 10.7. The number of halogens is 3. The first-order valence-corrected chi connectivity index (χ1v) is 5.08. The smallest absolute Gasteiger partial charge is 0.295 e. The van der Waals surface area contributed by atoms with E-state index in [-0.39, 0.29) is 17.5 Å². The van der Waals surface area contributed by atoms with Gasteiger partial charge in [0.05, 0.1) is 4.92 Å². The van der Waals surface area contributed by atoms with Gasteiger partial charge in [-0.1, -0.05) is 6.92 Å². The lowest BCUT2D eigenvalue weighted by Crippen LogP contribution is -2.14. The summed E-state index contributed by atoms with van der Waals surface area (Å²) in [5.41, 5.74) is -2.69. The van der Waals surface area contributed by atoms with Gasteiger partial charge in [0, 0.05) is 11.6 Å². The van der Waals surface area contributed by atoms with Gasteiger partial charge in [-0.05, 0) is 25.0 Å². The third-order valence-electron chi connectivity index (χ3n) is 2.47. The highest BCUT2D eigenvalue weighted by Crippen LogP contribution is 2.39. The van der Waals surface area contributed by atoms with Gasteiger partial charge in [0.25, 0.3) is 5.69 Å². The van der Waals surface area contributed by atoms with E-state index in [4.69, 9.17) is 0 Å². The summed E-state index contributed by atoms with van der Waals surface area (Å²) in [5.74, 6) is -0.512. The Balaban J connectivity index is 3.67. The summed E-state index contributed by atoms with van der Waals surface area (Å²) in [6.07, 6.45) is -4.86. The van der Waals surface area contributed by atoms with Gasteiger partial charge in [0.2, 0.25) is 0 Å². The van der Waals surface area contributed by atoms with Crippen LogP contribution in [0.25, 0.3) is 0 Å². The highest BCUT2D eigenvalue weighted by molar-refractivity contribution is 5.95. The normalized spacial score (nSPS) is 11.4. The van der Waals surface area contributed by atoms with Gasteiger partial charge in [0.15, 0.2) is 5.78 Å². The van der Waals surface area contributed by atoms with Gasteiger partial charge in [0.1, 0.15) is 5.56 Å². The number of nitrogens with zero attached hydrogens (tertiary/aromatic N) is 1. The number of Topliss-reactive ketones (excluding diaryl/α,β-unsaturated/α-hetero) is 1. The minimum atomic E-state index is -4.82. The van der Waals surface area contributed by atoms with Crippen molar-refractivity contribution in [2.45, 2.75) is 26.4 Å². The fraction of sp³-hybridized carbons (Fsp3) is 0.364. The first-order valence-electron chi connectivity index (χ1n) is 5.08. The van der Waals surface area contributed by atoms with E-state index in [1.54, 1.807) is 0 Å². The average molecular weight is 261 g/mol. The second-order valence-corrected chi connectivity index (χ2v) is 3.69. The van der Waals surface area contributed by atoms with Gasteiger partial charge in [-0.25, -0.2) is 0 Å². The van der Waals surface area contributed by atoms with Crippen LogP contribution in [0.3, 0.4) is 0 Å². The number of ketones is 1. The zero-order valence-electron chi connectivity index (χ0n) is 9.67. The Kier molecular flexibility index (Phi) is 3.73. The Labute approximate surface area is 101 Å². The highest BCUT2D eigenvalue weighted by Gasteiger charge is 2.41. The van der Waals surface area contributed by atoms with E-state index in [1.807, 2.05) is 0 Å². The molecule has 0 saturated carbocycles. The largest absolute Gasteiger partial charge is 0.423 e. The minimum absolute atomic E-state index is 0.0448. The quantitative estimate of drug-likeness (QED) is 0.476. The van der Waals surface area contributed by atoms with Crippen LogP contribution in [-0.2, 0) is 12.6 Å². The zero-order valence-corrected chi connectivity index (χ0v) is 9.67. The Morgan fingerprint density at radius 3 is 2.28 bits per heavy atom. The Morgan fingerprint density at radius 1 is 1.39 bits per heavy atom. The molecule has 0 aliphatic carbocycles. The first kappa shape index (κ1) is 14.1. The fourth-order valence-electron chi connectivity index (χ4n) is 1.64. The summed E-state index contributed by atoms with van der Waals surface area (Å²) in [6, 6.07) is 1.72. The lowest BCUT2D eigenvalue weighted by molar-refractivity contribution is -0.388. The van der Waals surface area contributed by atoms with Crippen molar-refractivity contribution < 1.29 is 22.9 Å².